The molecular formula is C10H17NO3. The average Bonchev–Trinajstić information content (AvgIpc) is 2.30. The van der Waals surface area contributed by atoms with Gasteiger partial charge in [0.2, 0.25) is 0 Å². The summed E-state index contributed by atoms with van der Waals surface area (Å²) in [6.45, 7) is 2.64. The summed E-state index contributed by atoms with van der Waals surface area (Å²) in [7, 11) is 0. The minimum atomic E-state index is -0.171. The smallest absolute Gasteiger partial charge is 0.111 e. The summed E-state index contributed by atoms with van der Waals surface area (Å²) in [5, 5.41) is 0. The summed E-state index contributed by atoms with van der Waals surface area (Å²) in [5.74, 6) is 0.867. The first-order valence-electron chi connectivity index (χ1n) is 5.16. The second-order valence-corrected chi connectivity index (χ2v) is 3.61. The van der Waals surface area contributed by atoms with E-state index in [4.69, 9.17) is 19.9 Å². The molecule has 4 nitrogen and oxygen atoms in total. The van der Waals surface area contributed by atoms with Gasteiger partial charge in [-0.3, -0.25) is 0 Å². The summed E-state index contributed by atoms with van der Waals surface area (Å²) in [6, 6.07) is -0.171. The van der Waals surface area contributed by atoms with Crippen molar-refractivity contribution in [3.8, 4) is 0 Å². The van der Waals surface area contributed by atoms with Crippen LogP contribution in [0.3, 0.4) is 0 Å². The molecule has 2 N–H and O–H groups in total. The highest BCUT2D eigenvalue weighted by Gasteiger charge is 2.26. The van der Waals surface area contributed by atoms with Crippen LogP contribution < -0.4 is 5.73 Å². The molecule has 0 spiro atoms. The van der Waals surface area contributed by atoms with Crippen LogP contribution in [-0.4, -0.2) is 38.6 Å². The minimum Gasteiger partial charge on any atom is -0.496 e. The monoisotopic (exact) mass is 199 g/mol. The zero-order valence-corrected chi connectivity index (χ0v) is 8.28. The van der Waals surface area contributed by atoms with Crippen LogP contribution in [-0.2, 0) is 14.2 Å². The van der Waals surface area contributed by atoms with Gasteiger partial charge in [-0.15, -0.1) is 0 Å². The van der Waals surface area contributed by atoms with Gasteiger partial charge in [0.1, 0.15) is 11.9 Å². The van der Waals surface area contributed by atoms with Gasteiger partial charge in [0.25, 0.3) is 0 Å². The summed E-state index contributed by atoms with van der Waals surface area (Å²) >= 11 is 0. The molecule has 80 valence electrons. The fraction of sp³-hybridized carbons (Fsp3) is 0.800. The van der Waals surface area contributed by atoms with Gasteiger partial charge in [-0.05, 0) is 18.9 Å². The highest BCUT2D eigenvalue weighted by Crippen LogP contribution is 2.17. The van der Waals surface area contributed by atoms with E-state index in [-0.39, 0.29) is 12.1 Å². The van der Waals surface area contributed by atoms with Crippen molar-refractivity contribution in [3.63, 3.8) is 0 Å². The average molecular weight is 199 g/mol. The molecular weight excluding hydrogens is 182 g/mol. The number of hydrogen-bond acceptors (Lipinski definition) is 4. The Morgan fingerprint density at radius 1 is 1.36 bits per heavy atom. The van der Waals surface area contributed by atoms with Crippen molar-refractivity contribution in [2.45, 2.75) is 25.0 Å². The molecule has 0 aromatic rings. The maximum Gasteiger partial charge on any atom is 0.111 e. The third-order valence-corrected chi connectivity index (χ3v) is 2.53. The van der Waals surface area contributed by atoms with Crippen LogP contribution in [0.25, 0.3) is 0 Å². The van der Waals surface area contributed by atoms with Crippen molar-refractivity contribution in [1.29, 1.82) is 0 Å². The molecule has 2 aliphatic rings. The van der Waals surface area contributed by atoms with E-state index in [1.54, 1.807) is 0 Å². The Morgan fingerprint density at radius 2 is 2.29 bits per heavy atom. The van der Waals surface area contributed by atoms with E-state index in [1.807, 2.05) is 0 Å². The predicted molar refractivity (Wildman–Crippen MR) is 51.8 cm³/mol. The van der Waals surface area contributed by atoms with Gasteiger partial charge in [-0.25, -0.2) is 0 Å². The lowest BCUT2D eigenvalue weighted by Crippen LogP contribution is -2.45. The number of hydrogen-bond donors (Lipinski definition) is 1. The summed E-state index contributed by atoms with van der Waals surface area (Å²) in [6.07, 6.45) is 4.15. The number of nitrogens with two attached hydrogens (primary N) is 1. The molecule has 1 fully saturated rings. The fourth-order valence-electron chi connectivity index (χ4n) is 1.71. The normalized spacial score (nSPS) is 30.4. The first-order valence-corrected chi connectivity index (χ1v) is 5.16. The molecule has 0 aliphatic carbocycles. The summed E-state index contributed by atoms with van der Waals surface area (Å²) in [4.78, 5) is 0. The highest BCUT2D eigenvalue weighted by atomic mass is 16.6. The van der Waals surface area contributed by atoms with Crippen LogP contribution in [0, 0.1) is 0 Å². The van der Waals surface area contributed by atoms with Crippen molar-refractivity contribution >= 4 is 0 Å². The molecule has 0 aromatic heterocycles. The minimum absolute atomic E-state index is 0.0481. The van der Waals surface area contributed by atoms with Gasteiger partial charge in [0.15, 0.2) is 0 Å². The molecule has 0 saturated carbocycles. The predicted octanol–water partition coefficient (Wildman–Crippen LogP) is 0.423. The molecule has 0 radical (unpaired) electrons. The van der Waals surface area contributed by atoms with Crippen molar-refractivity contribution in [2.24, 2.45) is 5.73 Å². The topological polar surface area (TPSA) is 53.7 Å². The summed E-state index contributed by atoms with van der Waals surface area (Å²) < 4.78 is 16.3. The molecule has 4 heteroatoms. The van der Waals surface area contributed by atoms with E-state index in [0.29, 0.717) is 19.8 Å². The van der Waals surface area contributed by atoms with E-state index in [0.717, 1.165) is 25.2 Å². The van der Waals surface area contributed by atoms with Crippen molar-refractivity contribution in [1.82, 2.24) is 0 Å². The molecule has 0 aromatic carbocycles. The first kappa shape index (κ1) is 9.96. The number of ether oxygens (including phenoxy) is 3. The quantitative estimate of drug-likeness (QED) is 0.700. The van der Waals surface area contributed by atoms with Crippen LogP contribution in [0.4, 0.5) is 0 Å². The molecule has 2 atom stereocenters. The molecule has 2 rings (SSSR count). The third-order valence-electron chi connectivity index (χ3n) is 2.53. The van der Waals surface area contributed by atoms with Crippen LogP contribution >= 0.6 is 0 Å². The van der Waals surface area contributed by atoms with Crippen LogP contribution in [0.2, 0.25) is 0 Å². The molecule has 0 amide bonds. The number of rotatable bonds is 2. The van der Waals surface area contributed by atoms with Gasteiger partial charge in [0.05, 0.1) is 32.5 Å². The van der Waals surface area contributed by atoms with Gasteiger partial charge < -0.3 is 19.9 Å². The Kier molecular flexibility index (Phi) is 3.39. The number of allylic oxidation sites excluding steroid dienone is 1. The lowest BCUT2D eigenvalue weighted by atomic mass is 10.1. The first-order chi connectivity index (χ1) is 6.88. The lowest BCUT2D eigenvalue weighted by molar-refractivity contribution is -0.0980. The molecule has 2 heterocycles. The SMILES string of the molecule is NC(C1=CCCCO1)C1COCCO1. The van der Waals surface area contributed by atoms with E-state index in [2.05, 4.69) is 6.08 Å². The Hall–Kier alpha value is -0.580. The molecule has 2 unspecified atom stereocenters. The van der Waals surface area contributed by atoms with E-state index in [1.165, 1.54) is 0 Å². The molecule has 1 saturated heterocycles. The second kappa shape index (κ2) is 4.77. The Morgan fingerprint density at radius 3 is 2.93 bits per heavy atom. The Bertz CT molecular complexity index is 211. The van der Waals surface area contributed by atoms with Gasteiger partial charge in [0, 0.05) is 0 Å². The molecule has 2 aliphatic heterocycles. The standard InChI is InChI=1S/C10H17NO3/c11-10(8-3-1-2-4-13-8)9-7-12-5-6-14-9/h3,9-10H,1-2,4-7,11H2. The van der Waals surface area contributed by atoms with Crippen molar-refractivity contribution < 1.29 is 14.2 Å². The van der Waals surface area contributed by atoms with Crippen molar-refractivity contribution in [2.75, 3.05) is 26.4 Å². The Labute approximate surface area is 84.0 Å². The van der Waals surface area contributed by atoms with Crippen LogP contribution in [0.15, 0.2) is 11.8 Å². The van der Waals surface area contributed by atoms with Gasteiger partial charge in [-0.1, -0.05) is 0 Å². The van der Waals surface area contributed by atoms with Crippen LogP contribution in [0.5, 0.6) is 0 Å². The van der Waals surface area contributed by atoms with E-state index < -0.39 is 0 Å². The van der Waals surface area contributed by atoms with Crippen LogP contribution in [0.1, 0.15) is 12.8 Å². The van der Waals surface area contributed by atoms with E-state index >= 15 is 0 Å². The van der Waals surface area contributed by atoms with Gasteiger partial charge in [-0.2, -0.15) is 0 Å². The maximum absolute atomic E-state index is 6.02. The van der Waals surface area contributed by atoms with E-state index in [9.17, 15) is 0 Å². The summed E-state index contributed by atoms with van der Waals surface area (Å²) in [5.41, 5.74) is 6.02. The van der Waals surface area contributed by atoms with Crippen molar-refractivity contribution in [3.05, 3.63) is 11.8 Å². The molecule has 0 bridgehead atoms. The molecule has 14 heavy (non-hydrogen) atoms. The zero-order valence-electron chi connectivity index (χ0n) is 8.28. The Balaban J connectivity index is 1.91. The largest absolute Gasteiger partial charge is 0.496 e. The maximum atomic E-state index is 6.02. The third kappa shape index (κ3) is 2.26. The zero-order chi connectivity index (χ0) is 9.80. The highest BCUT2D eigenvalue weighted by molar-refractivity contribution is 5.07. The second-order valence-electron chi connectivity index (χ2n) is 3.61. The lowest BCUT2D eigenvalue weighted by Gasteiger charge is -2.30. The fourth-order valence-corrected chi connectivity index (χ4v) is 1.71. The van der Waals surface area contributed by atoms with Gasteiger partial charge >= 0.3 is 0 Å².